The summed E-state index contributed by atoms with van der Waals surface area (Å²) in [7, 11) is 1.57. The smallest absolute Gasteiger partial charge is 0.328 e. The van der Waals surface area contributed by atoms with Crippen LogP contribution in [-0.2, 0) is 4.79 Å². The number of ether oxygens (including phenoxy) is 1. The number of benzene rings is 2. The maximum Gasteiger partial charge on any atom is 0.328 e. The van der Waals surface area contributed by atoms with Crippen LogP contribution in [0.15, 0.2) is 60.8 Å². The second-order valence-corrected chi connectivity index (χ2v) is 8.41. The van der Waals surface area contributed by atoms with Crippen LogP contribution in [-0.4, -0.2) is 38.4 Å². The third-order valence-electron chi connectivity index (χ3n) is 6.29. The van der Waals surface area contributed by atoms with Gasteiger partial charge in [-0.1, -0.05) is 36.8 Å². The Bertz CT molecular complexity index is 1450. The molecule has 0 bridgehead atoms. The fourth-order valence-electron chi connectivity index (χ4n) is 4.32. The summed E-state index contributed by atoms with van der Waals surface area (Å²) in [5.41, 5.74) is 4.97. The number of allylic oxidation sites excluding steroid dienone is 1. The molecule has 0 saturated heterocycles. The Labute approximate surface area is 201 Å². The number of carbonyl (C=O) groups is 1. The van der Waals surface area contributed by atoms with E-state index in [0.29, 0.717) is 22.6 Å². The van der Waals surface area contributed by atoms with E-state index in [4.69, 9.17) is 9.84 Å². The molecule has 8 heteroatoms. The Morgan fingerprint density at radius 3 is 2.60 bits per heavy atom. The maximum atomic E-state index is 14.4. The van der Waals surface area contributed by atoms with Gasteiger partial charge in [0.05, 0.1) is 18.0 Å². The first-order chi connectivity index (χ1) is 17.0. The Morgan fingerprint density at radius 1 is 1.14 bits per heavy atom. The van der Waals surface area contributed by atoms with Gasteiger partial charge in [-0.15, -0.1) is 5.10 Å². The Kier molecular flexibility index (Phi) is 6.10. The normalized spacial score (nSPS) is 14.7. The van der Waals surface area contributed by atoms with Crippen molar-refractivity contribution in [1.82, 2.24) is 20.2 Å². The number of methoxy groups -OCH3 is 1. The zero-order valence-electron chi connectivity index (χ0n) is 19.0. The summed E-state index contributed by atoms with van der Waals surface area (Å²) in [5.74, 6) is -0.275. The molecule has 2 aromatic heterocycles. The number of hydrogen-bond acceptors (Lipinski definition) is 5. The quantitative estimate of drug-likeness (QED) is 0.353. The Balaban J connectivity index is 1.74. The molecule has 0 amide bonds. The fraction of sp³-hybridized carbons (Fsp3) is 0.185. The molecule has 176 valence electrons. The third kappa shape index (κ3) is 4.55. The number of halogens is 1. The van der Waals surface area contributed by atoms with Crippen molar-refractivity contribution in [3.63, 3.8) is 0 Å². The molecule has 0 aliphatic heterocycles. The van der Waals surface area contributed by atoms with Crippen molar-refractivity contribution in [1.29, 1.82) is 0 Å². The van der Waals surface area contributed by atoms with E-state index in [1.165, 1.54) is 0 Å². The lowest BCUT2D eigenvalue weighted by molar-refractivity contribution is -0.131. The molecule has 0 radical (unpaired) electrons. The zero-order valence-corrected chi connectivity index (χ0v) is 19.0. The van der Waals surface area contributed by atoms with E-state index in [0.717, 1.165) is 53.2 Å². The molecule has 2 heterocycles. The van der Waals surface area contributed by atoms with Gasteiger partial charge in [0.2, 0.25) is 11.8 Å². The molecule has 1 aliphatic carbocycles. The lowest BCUT2D eigenvalue weighted by Crippen LogP contribution is -2.17. The molecule has 5 rings (SSSR count). The van der Waals surface area contributed by atoms with Crippen molar-refractivity contribution >= 4 is 34.1 Å². The highest BCUT2D eigenvalue weighted by Crippen LogP contribution is 2.44. The first-order valence-corrected chi connectivity index (χ1v) is 11.3. The van der Waals surface area contributed by atoms with E-state index >= 15 is 0 Å². The van der Waals surface area contributed by atoms with Crippen LogP contribution in [0, 0.1) is 11.9 Å². The molecular weight excluding hydrogens is 447 g/mol. The van der Waals surface area contributed by atoms with Gasteiger partial charge in [0.25, 0.3) is 0 Å². The van der Waals surface area contributed by atoms with Gasteiger partial charge in [-0.3, -0.25) is 5.10 Å². The summed E-state index contributed by atoms with van der Waals surface area (Å²) < 4.78 is 19.8. The van der Waals surface area contributed by atoms with E-state index in [9.17, 15) is 9.18 Å². The monoisotopic (exact) mass is 470 g/mol. The molecule has 2 aromatic carbocycles. The van der Waals surface area contributed by atoms with E-state index in [1.54, 1.807) is 31.5 Å². The summed E-state index contributed by atoms with van der Waals surface area (Å²) in [5, 5.41) is 15.7. The second kappa shape index (κ2) is 9.50. The van der Waals surface area contributed by atoms with Gasteiger partial charge >= 0.3 is 5.97 Å². The summed E-state index contributed by atoms with van der Waals surface area (Å²) in [6.07, 6.45) is 7.43. The zero-order chi connectivity index (χ0) is 24.4. The number of H-pyrrole nitrogens is 1. The lowest BCUT2D eigenvalue weighted by Gasteiger charge is -2.30. The highest BCUT2D eigenvalue weighted by Gasteiger charge is 2.29. The summed E-state index contributed by atoms with van der Waals surface area (Å²) in [6, 6.07) is 14.8. The molecule has 1 saturated carbocycles. The standard InChI is InChI=1S/C27H23FN4O3/c1-35-22-13-14-29-27(30-22)25(17-3-2-4-17)24(18-8-5-16(6-9-18)7-12-23(33)34)19-10-11-21-20(15-19)26(28)32-31-21/h5-15,17H,2-4H2,1H3,(H,31,32)(H,33,34). The van der Waals surface area contributed by atoms with Crippen molar-refractivity contribution in [3.8, 4) is 5.88 Å². The molecule has 35 heavy (non-hydrogen) atoms. The number of nitrogens with zero attached hydrogens (tertiary/aromatic N) is 3. The third-order valence-corrected chi connectivity index (χ3v) is 6.29. The number of rotatable bonds is 7. The average Bonchev–Trinajstić information content (AvgIpc) is 3.22. The lowest BCUT2D eigenvalue weighted by atomic mass is 9.75. The second-order valence-electron chi connectivity index (χ2n) is 8.41. The number of fused-ring (bicyclic) bond motifs is 1. The van der Waals surface area contributed by atoms with E-state index in [1.807, 2.05) is 36.4 Å². The van der Waals surface area contributed by atoms with Crippen LogP contribution in [0.1, 0.15) is 41.8 Å². The minimum atomic E-state index is -1.01. The molecule has 0 unspecified atom stereocenters. The van der Waals surface area contributed by atoms with Gasteiger partial charge in [-0.2, -0.15) is 9.37 Å². The predicted molar refractivity (Wildman–Crippen MR) is 131 cm³/mol. The fourth-order valence-corrected chi connectivity index (χ4v) is 4.32. The molecule has 0 spiro atoms. The number of aromatic nitrogens is 4. The van der Waals surface area contributed by atoms with Gasteiger partial charge in [0.15, 0.2) is 5.82 Å². The molecule has 0 atom stereocenters. The highest BCUT2D eigenvalue weighted by atomic mass is 19.1. The van der Waals surface area contributed by atoms with Crippen LogP contribution in [0.2, 0.25) is 0 Å². The van der Waals surface area contributed by atoms with Crippen LogP contribution < -0.4 is 4.74 Å². The number of hydrogen-bond donors (Lipinski definition) is 2. The highest BCUT2D eigenvalue weighted by molar-refractivity contribution is 6.00. The number of carboxylic acid groups (broad SMARTS) is 1. The maximum absolute atomic E-state index is 14.4. The summed E-state index contributed by atoms with van der Waals surface area (Å²) in [4.78, 5) is 20.1. The number of carboxylic acids is 1. The van der Waals surface area contributed by atoms with E-state index in [2.05, 4.69) is 20.2 Å². The Morgan fingerprint density at radius 2 is 1.91 bits per heavy atom. The first kappa shape index (κ1) is 22.5. The first-order valence-electron chi connectivity index (χ1n) is 11.3. The molecule has 7 nitrogen and oxygen atoms in total. The van der Waals surface area contributed by atoms with Crippen molar-refractivity contribution in [2.45, 2.75) is 19.3 Å². The van der Waals surface area contributed by atoms with E-state index in [-0.39, 0.29) is 5.92 Å². The minimum Gasteiger partial charge on any atom is -0.481 e. The van der Waals surface area contributed by atoms with Crippen LogP contribution in [0.25, 0.3) is 28.1 Å². The number of aromatic amines is 1. The van der Waals surface area contributed by atoms with Gasteiger partial charge in [-0.05, 0) is 59.2 Å². The number of aliphatic carboxylic acids is 1. The minimum absolute atomic E-state index is 0.244. The van der Waals surface area contributed by atoms with Crippen LogP contribution in [0.5, 0.6) is 5.88 Å². The molecule has 1 aliphatic rings. The van der Waals surface area contributed by atoms with Crippen molar-refractivity contribution in [2.24, 2.45) is 5.92 Å². The Hall–Kier alpha value is -4.33. The van der Waals surface area contributed by atoms with Crippen molar-refractivity contribution < 1.29 is 19.0 Å². The predicted octanol–water partition coefficient (Wildman–Crippen LogP) is 5.36. The van der Waals surface area contributed by atoms with Gasteiger partial charge in [0, 0.05) is 23.9 Å². The van der Waals surface area contributed by atoms with Crippen LogP contribution >= 0.6 is 0 Å². The van der Waals surface area contributed by atoms with Gasteiger partial charge in [0.1, 0.15) is 0 Å². The van der Waals surface area contributed by atoms with Crippen molar-refractivity contribution in [3.05, 3.63) is 89.3 Å². The molecule has 1 fully saturated rings. The topological polar surface area (TPSA) is 101 Å². The molecule has 4 aromatic rings. The average molecular weight is 471 g/mol. The molecular formula is C27H23FN4O3. The SMILES string of the molecule is COc1ccnc(C(=C(c2ccc(C=CC(=O)O)cc2)c2ccc3[nH]nc(F)c3c2)C2CCC2)n1. The van der Waals surface area contributed by atoms with E-state index < -0.39 is 11.9 Å². The summed E-state index contributed by atoms with van der Waals surface area (Å²) in [6.45, 7) is 0. The largest absolute Gasteiger partial charge is 0.481 e. The van der Waals surface area contributed by atoms with Gasteiger partial charge < -0.3 is 9.84 Å². The summed E-state index contributed by atoms with van der Waals surface area (Å²) >= 11 is 0. The van der Waals surface area contributed by atoms with Crippen LogP contribution in [0.3, 0.4) is 0 Å². The number of nitrogens with one attached hydrogen (secondary N) is 1. The van der Waals surface area contributed by atoms with Crippen LogP contribution in [0.4, 0.5) is 4.39 Å². The molecule has 2 N–H and O–H groups in total. The van der Waals surface area contributed by atoms with Crippen molar-refractivity contribution in [2.75, 3.05) is 7.11 Å². The van der Waals surface area contributed by atoms with Gasteiger partial charge in [-0.25, -0.2) is 9.78 Å².